The van der Waals surface area contributed by atoms with Crippen molar-refractivity contribution >= 4 is 47.6 Å². The number of halogens is 2. The number of hydrogen-bond donors (Lipinski definition) is 1. The minimum absolute atomic E-state index is 0.111. The van der Waals surface area contributed by atoms with Crippen LogP contribution in [0.5, 0.6) is 0 Å². The summed E-state index contributed by atoms with van der Waals surface area (Å²) in [5.41, 5.74) is 5.96. The van der Waals surface area contributed by atoms with Crippen LogP contribution in [0.1, 0.15) is 6.92 Å². The molecule has 2 N–H and O–H groups in total. The monoisotopic (exact) mass is 370 g/mol. The van der Waals surface area contributed by atoms with Crippen LogP contribution in [-0.4, -0.2) is 26.3 Å². The number of sulfonamides is 1. The van der Waals surface area contributed by atoms with E-state index in [1.165, 1.54) is 11.4 Å². The van der Waals surface area contributed by atoms with E-state index in [0.717, 1.165) is 4.47 Å². The lowest BCUT2D eigenvalue weighted by atomic mass is 10.3. The summed E-state index contributed by atoms with van der Waals surface area (Å²) in [6.07, 6.45) is 0. The second kappa shape index (κ2) is 5.03. The van der Waals surface area contributed by atoms with Crippen LogP contribution in [0.4, 0.5) is 5.69 Å². The number of rotatable bonds is 3. The van der Waals surface area contributed by atoms with Gasteiger partial charge in [0.2, 0.25) is 10.0 Å². The summed E-state index contributed by atoms with van der Waals surface area (Å²) in [6.45, 7) is 2.16. The number of anilines is 1. The van der Waals surface area contributed by atoms with Gasteiger partial charge in [0.05, 0.1) is 5.69 Å². The minimum Gasteiger partial charge on any atom is -0.398 e. The molecular weight excluding hydrogens is 360 g/mol. The first-order chi connectivity index (χ1) is 7.30. The number of nitrogen functional groups attached to an aromatic ring is 1. The molecule has 1 rings (SSSR count). The van der Waals surface area contributed by atoms with Gasteiger partial charge in [0.15, 0.2) is 0 Å². The quantitative estimate of drug-likeness (QED) is 0.830. The Labute approximate surface area is 112 Å². The Hall–Kier alpha value is -0.110. The molecule has 0 heterocycles. The normalized spacial score (nSPS) is 12.1. The Morgan fingerprint density at radius 3 is 2.38 bits per heavy atom. The van der Waals surface area contributed by atoms with E-state index in [1.54, 1.807) is 19.1 Å². The van der Waals surface area contributed by atoms with E-state index >= 15 is 0 Å². The van der Waals surface area contributed by atoms with Gasteiger partial charge in [-0.05, 0) is 28.1 Å². The summed E-state index contributed by atoms with van der Waals surface area (Å²) in [4.78, 5) is 0.111. The highest BCUT2D eigenvalue weighted by molar-refractivity contribution is 9.11. The van der Waals surface area contributed by atoms with Gasteiger partial charge in [-0.2, -0.15) is 0 Å². The van der Waals surface area contributed by atoms with Crippen molar-refractivity contribution in [2.75, 3.05) is 19.3 Å². The maximum absolute atomic E-state index is 12.1. The highest BCUT2D eigenvalue weighted by Crippen LogP contribution is 2.33. The number of benzene rings is 1. The van der Waals surface area contributed by atoms with Crippen molar-refractivity contribution in [1.82, 2.24) is 4.31 Å². The van der Waals surface area contributed by atoms with Crippen molar-refractivity contribution < 1.29 is 8.42 Å². The number of hydrogen-bond acceptors (Lipinski definition) is 3. The fourth-order valence-corrected chi connectivity index (χ4v) is 4.36. The molecule has 0 amide bonds. The first-order valence-electron chi connectivity index (χ1n) is 4.51. The highest BCUT2D eigenvalue weighted by Gasteiger charge is 2.25. The van der Waals surface area contributed by atoms with Gasteiger partial charge >= 0.3 is 0 Å². The molecule has 90 valence electrons. The van der Waals surface area contributed by atoms with Crippen molar-refractivity contribution in [3.63, 3.8) is 0 Å². The zero-order valence-electron chi connectivity index (χ0n) is 8.87. The molecule has 0 saturated carbocycles. The lowest BCUT2D eigenvalue weighted by molar-refractivity contribution is 0.486. The molecule has 7 heteroatoms. The summed E-state index contributed by atoms with van der Waals surface area (Å²) < 4.78 is 26.7. The molecule has 0 atom stereocenters. The van der Waals surface area contributed by atoms with Crippen LogP contribution in [0, 0.1) is 0 Å². The minimum atomic E-state index is -3.53. The van der Waals surface area contributed by atoms with E-state index in [-0.39, 0.29) is 10.6 Å². The molecular formula is C9H12Br2N2O2S. The fraction of sp³-hybridized carbons (Fsp3) is 0.333. The van der Waals surface area contributed by atoms with Crippen molar-refractivity contribution in [3.8, 4) is 0 Å². The Bertz CT molecular complexity index is 479. The average Bonchev–Trinajstić information content (AvgIpc) is 2.14. The molecule has 16 heavy (non-hydrogen) atoms. The standard InChI is InChI=1S/C9H12Br2N2O2S/c1-3-13(2)16(14,15)9-7(11)4-6(10)5-8(9)12/h4-5H,3,12H2,1-2H3. The van der Waals surface area contributed by atoms with Crippen LogP contribution >= 0.6 is 31.9 Å². The lowest BCUT2D eigenvalue weighted by Gasteiger charge is -2.17. The topological polar surface area (TPSA) is 63.4 Å². The molecule has 0 aliphatic rings. The molecule has 0 aliphatic heterocycles. The third-order valence-electron chi connectivity index (χ3n) is 2.15. The zero-order valence-corrected chi connectivity index (χ0v) is 12.9. The number of nitrogens with two attached hydrogens (primary N) is 1. The molecule has 0 spiro atoms. The second-order valence-corrected chi connectivity index (χ2v) is 6.98. The van der Waals surface area contributed by atoms with Crippen molar-refractivity contribution in [1.29, 1.82) is 0 Å². The first kappa shape index (κ1) is 14.0. The molecule has 0 unspecified atom stereocenters. The van der Waals surface area contributed by atoms with Crippen molar-refractivity contribution in [3.05, 3.63) is 21.1 Å². The van der Waals surface area contributed by atoms with Gasteiger partial charge in [0.1, 0.15) is 4.90 Å². The molecule has 0 fully saturated rings. The first-order valence-corrected chi connectivity index (χ1v) is 7.54. The lowest BCUT2D eigenvalue weighted by Crippen LogP contribution is -2.27. The summed E-state index contributed by atoms with van der Waals surface area (Å²) >= 11 is 6.46. The zero-order chi connectivity index (χ0) is 12.5. The van der Waals surface area contributed by atoms with Crippen LogP contribution in [0.15, 0.2) is 26.0 Å². The Morgan fingerprint density at radius 1 is 1.38 bits per heavy atom. The number of nitrogens with zero attached hydrogens (tertiary/aromatic N) is 1. The average molecular weight is 372 g/mol. The third-order valence-corrected chi connectivity index (χ3v) is 5.55. The Morgan fingerprint density at radius 2 is 1.94 bits per heavy atom. The van der Waals surface area contributed by atoms with E-state index in [0.29, 0.717) is 11.0 Å². The molecule has 0 aliphatic carbocycles. The van der Waals surface area contributed by atoms with E-state index in [9.17, 15) is 8.42 Å². The Balaban J connectivity index is 3.45. The van der Waals surface area contributed by atoms with E-state index in [4.69, 9.17) is 5.73 Å². The smallest absolute Gasteiger partial charge is 0.245 e. The fourth-order valence-electron chi connectivity index (χ4n) is 1.18. The van der Waals surface area contributed by atoms with E-state index < -0.39 is 10.0 Å². The van der Waals surface area contributed by atoms with Gasteiger partial charge in [-0.3, -0.25) is 0 Å². The summed E-state index contributed by atoms with van der Waals surface area (Å²) in [6, 6.07) is 3.23. The summed E-state index contributed by atoms with van der Waals surface area (Å²) in [7, 11) is -2.01. The van der Waals surface area contributed by atoms with Crippen LogP contribution in [0.3, 0.4) is 0 Å². The van der Waals surface area contributed by atoms with Crippen LogP contribution in [0.25, 0.3) is 0 Å². The van der Waals surface area contributed by atoms with Crippen LogP contribution in [0.2, 0.25) is 0 Å². The van der Waals surface area contributed by atoms with Gasteiger partial charge in [0, 0.05) is 22.5 Å². The van der Waals surface area contributed by atoms with E-state index in [1.807, 2.05) is 0 Å². The van der Waals surface area contributed by atoms with Gasteiger partial charge in [-0.1, -0.05) is 22.9 Å². The van der Waals surface area contributed by atoms with Crippen LogP contribution in [-0.2, 0) is 10.0 Å². The highest BCUT2D eigenvalue weighted by atomic mass is 79.9. The van der Waals surface area contributed by atoms with Gasteiger partial charge in [-0.25, -0.2) is 12.7 Å². The maximum atomic E-state index is 12.1. The predicted molar refractivity (Wildman–Crippen MR) is 71.7 cm³/mol. The maximum Gasteiger partial charge on any atom is 0.245 e. The van der Waals surface area contributed by atoms with Gasteiger partial charge in [-0.15, -0.1) is 0 Å². The van der Waals surface area contributed by atoms with Crippen molar-refractivity contribution in [2.45, 2.75) is 11.8 Å². The van der Waals surface area contributed by atoms with Crippen LogP contribution < -0.4 is 5.73 Å². The molecule has 0 radical (unpaired) electrons. The Kier molecular flexibility index (Phi) is 4.39. The summed E-state index contributed by atoms with van der Waals surface area (Å²) in [5.74, 6) is 0. The predicted octanol–water partition coefficient (Wildman–Crippen LogP) is 2.43. The van der Waals surface area contributed by atoms with Gasteiger partial charge in [0.25, 0.3) is 0 Å². The van der Waals surface area contributed by atoms with Gasteiger partial charge < -0.3 is 5.73 Å². The molecule has 4 nitrogen and oxygen atoms in total. The molecule has 1 aromatic carbocycles. The molecule has 0 saturated heterocycles. The SMILES string of the molecule is CCN(C)S(=O)(=O)c1c(N)cc(Br)cc1Br. The van der Waals surface area contributed by atoms with E-state index in [2.05, 4.69) is 31.9 Å². The molecule has 0 bridgehead atoms. The largest absolute Gasteiger partial charge is 0.398 e. The van der Waals surface area contributed by atoms with Crippen molar-refractivity contribution in [2.24, 2.45) is 0 Å². The summed E-state index contributed by atoms with van der Waals surface area (Å²) in [5, 5.41) is 0. The third kappa shape index (κ3) is 2.58. The molecule has 1 aromatic rings. The molecule has 0 aromatic heterocycles. The second-order valence-electron chi connectivity index (χ2n) is 3.23.